The van der Waals surface area contributed by atoms with Crippen LogP contribution < -0.4 is 10.4 Å². The standard InChI is InChI=1S/C22H23NO5S/c1-11-4-3-5-12(8-11)15-10-29-20(18(15)22(27)28-2)23-19(24)16-13-6-7-14(9-13)17(16)21(25)26/h3-5,8,10,13-14,16-17H,6-7,9H2,1-2H3,(H,23,24)(H,25,26)/p-1/t13-,14+,16+,17+/m1/s1. The number of nitrogens with one attached hydrogen (secondary N) is 1. The van der Waals surface area contributed by atoms with Gasteiger partial charge in [-0.1, -0.05) is 29.8 Å². The number of hydrogen-bond acceptors (Lipinski definition) is 6. The molecule has 0 radical (unpaired) electrons. The summed E-state index contributed by atoms with van der Waals surface area (Å²) >= 11 is 1.24. The average Bonchev–Trinajstić information content (AvgIpc) is 3.41. The zero-order valence-electron chi connectivity index (χ0n) is 16.3. The van der Waals surface area contributed by atoms with Crippen molar-refractivity contribution in [2.45, 2.75) is 26.2 Å². The van der Waals surface area contributed by atoms with Crippen molar-refractivity contribution >= 4 is 34.2 Å². The quantitative estimate of drug-likeness (QED) is 0.762. The Hall–Kier alpha value is -2.67. The third kappa shape index (κ3) is 3.44. The van der Waals surface area contributed by atoms with E-state index in [0.29, 0.717) is 16.1 Å². The number of rotatable bonds is 5. The number of amides is 1. The molecular formula is C22H22NO5S-. The van der Waals surface area contributed by atoms with E-state index in [-0.39, 0.29) is 17.7 Å². The van der Waals surface area contributed by atoms with Gasteiger partial charge in [-0.15, -0.1) is 11.3 Å². The molecule has 2 aromatic rings. The highest BCUT2D eigenvalue weighted by Gasteiger charge is 2.51. The van der Waals surface area contributed by atoms with Crippen LogP contribution in [0, 0.1) is 30.6 Å². The van der Waals surface area contributed by atoms with Crippen molar-refractivity contribution in [2.75, 3.05) is 12.4 Å². The second-order valence-electron chi connectivity index (χ2n) is 7.91. The van der Waals surface area contributed by atoms with Gasteiger partial charge in [0.2, 0.25) is 5.91 Å². The van der Waals surface area contributed by atoms with Crippen LogP contribution in [0.5, 0.6) is 0 Å². The van der Waals surface area contributed by atoms with Gasteiger partial charge in [0.25, 0.3) is 0 Å². The molecule has 0 saturated heterocycles. The summed E-state index contributed by atoms with van der Waals surface area (Å²) in [6, 6.07) is 7.73. The molecule has 1 N–H and O–H groups in total. The van der Waals surface area contributed by atoms with Crippen LogP contribution in [-0.4, -0.2) is 25.0 Å². The molecule has 0 spiro atoms. The number of aryl methyl sites for hydroxylation is 1. The minimum atomic E-state index is -1.16. The lowest BCUT2D eigenvalue weighted by Crippen LogP contribution is -2.44. The Bertz CT molecular complexity index is 981. The molecule has 152 valence electrons. The Labute approximate surface area is 172 Å². The lowest BCUT2D eigenvalue weighted by molar-refractivity contribution is -0.314. The number of ether oxygens (including phenoxy) is 1. The van der Waals surface area contributed by atoms with Crippen molar-refractivity contribution in [3.05, 3.63) is 40.8 Å². The molecule has 0 aliphatic heterocycles. The van der Waals surface area contributed by atoms with Gasteiger partial charge in [-0.3, -0.25) is 4.79 Å². The number of esters is 1. The van der Waals surface area contributed by atoms with E-state index >= 15 is 0 Å². The molecular weight excluding hydrogens is 390 g/mol. The maximum atomic E-state index is 13.0. The number of carboxylic acids is 1. The fourth-order valence-corrected chi connectivity index (χ4v) is 5.94. The fourth-order valence-electron chi connectivity index (χ4n) is 4.98. The molecule has 7 heteroatoms. The third-order valence-corrected chi connectivity index (χ3v) is 7.13. The van der Waals surface area contributed by atoms with Gasteiger partial charge in [0.05, 0.1) is 7.11 Å². The van der Waals surface area contributed by atoms with E-state index < -0.39 is 23.8 Å². The summed E-state index contributed by atoms with van der Waals surface area (Å²) in [5.41, 5.74) is 2.89. The van der Waals surface area contributed by atoms with Crippen LogP contribution in [0.2, 0.25) is 0 Å². The van der Waals surface area contributed by atoms with Gasteiger partial charge < -0.3 is 20.0 Å². The summed E-state index contributed by atoms with van der Waals surface area (Å²) in [4.78, 5) is 37.2. The SMILES string of the molecule is COC(=O)c1c(-c2cccc(C)c2)csc1NC(=O)[C@H]1[C@@H]2CC[C@@H](C2)[C@@H]1C(=O)[O-]. The topological polar surface area (TPSA) is 95.5 Å². The summed E-state index contributed by atoms with van der Waals surface area (Å²) < 4.78 is 4.96. The zero-order valence-corrected chi connectivity index (χ0v) is 17.1. The van der Waals surface area contributed by atoms with E-state index in [9.17, 15) is 19.5 Å². The van der Waals surface area contributed by atoms with Crippen LogP contribution in [0.4, 0.5) is 5.00 Å². The molecule has 1 amide bonds. The first-order valence-electron chi connectivity index (χ1n) is 9.69. The second kappa shape index (κ2) is 7.63. The highest BCUT2D eigenvalue weighted by Crippen LogP contribution is 2.52. The lowest BCUT2D eigenvalue weighted by Gasteiger charge is -2.30. The number of fused-ring (bicyclic) bond motifs is 2. The van der Waals surface area contributed by atoms with Crippen LogP contribution in [0.25, 0.3) is 11.1 Å². The van der Waals surface area contributed by atoms with E-state index in [2.05, 4.69) is 5.32 Å². The van der Waals surface area contributed by atoms with Gasteiger partial charge in [0, 0.05) is 28.7 Å². The van der Waals surface area contributed by atoms with Gasteiger partial charge in [0.1, 0.15) is 10.6 Å². The van der Waals surface area contributed by atoms with E-state index in [0.717, 1.165) is 30.4 Å². The lowest BCUT2D eigenvalue weighted by atomic mass is 9.78. The summed E-state index contributed by atoms with van der Waals surface area (Å²) in [7, 11) is 1.30. The van der Waals surface area contributed by atoms with Crippen LogP contribution in [0.15, 0.2) is 29.6 Å². The first kappa shape index (κ1) is 19.6. The number of hydrogen-bond donors (Lipinski definition) is 1. The van der Waals surface area contributed by atoms with Gasteiger partial charge in [0.15, 0.2) is 0 Å². The van der Waals surface area contributed by atoms with Crippen LogP contribution >= 0.6 is 11.3 Å². The molecule has 2 bridgehead atoms. The molecule has 2 aliphatic carbocycles. The number of carbonyl (C=O) groups excluding carboxylic acids is 3. The Morgan fingerprint density at radius 1 is 1.17 bits per heavy atom. The first-order valence-corrected chi connectivity index (χ1v) is 10.6. The monoisotopic (exact) mass is 412 g/mol. The van der Waals surface area contributed by atoms with Crippen LogP contribution in [0.3, 0.4) is 0 Å². The van der Waals surface area contributed by atoms with E-state index in [1.54, 1.807) is 0 Å². The fraction of sp³-hybridized carbons (Fsp3) is 0.409. The van der Waals surface area contributed by atoms with Crippen molar-refractivity contribution in [3.63, 3.8) is 0 Å². The van der Waals surface area contributed by atoms with Gasteiger partial charge in [-0.05, 0) is 43.6 Å². The number of anilines is 1. The Balaban J connectivity index is 1.66. The van der Waals surface area contributed by atoms with Crippen molar-refractivity contribution < 1.29 is 24.2 Å². The smallest absolute Gasteiger partial charge is 0.341 e. The largest absolute Gasteiger partial charge is 0.550 e. The highest BCUT2D eigenvalue weighted by atomic mass is 32.1. The van der Waals surface area contributed by atoms with Gasteiger partial charge >= 0.3 is 5.97 Å². The minimum absolute atomic E-state index is 0.00650. The van der Waals surface area contributed by atoms with Gasteiger partial charge in [-0.25, -0.2) is 4.79 Å². The average molecular weight is 412 g/mol. The molecule has 1 heterocycles. The Morgan fingerprint density at radius 2 is 1.90 bits per heavy atom. The number of methoxy groups -OCH3 is 1. The molecule has 2 saturated carbocycles. The molecule has 4 atom stereocenters. The summed E-state index contributed by atoms with van der Waals surface area (Å²) in [6.45, 7) is 1.96. The van der Waals surface area contributed by atoms with Crippen molar-refractivity contribution in [2.24, 2.45) is 23.7 Å². The Morgan fingerprint density at radius 3 is 2.55 bits per heavy atom. The highest BCUT2D eigenvalue weighted by molar-refractivity contribution is 7.15. The van der Waals surface area contributed by atoms with E-state index in [4.69, 9.17) is 4.74 Å². The predicted octanol–water partition coefficient (Wildman–Crippen LogP) is 2.86. The third-order valence-electron chi connectivity index (χ3n) is 6.24. The summed E-state index contributed by atoms with van der Waals surface area (Å²) in [5, 5.41) is 16.7. The number of aliphatic carboxylic acids is 1. The van der Waals surface area contributed by atoms with Crippen molar-refractivity contribution in [3.8, 4) is 11.1 Å². The number of carbonyl (C=O) groups is 3. The summed E-state index contributed by atoms with van der Waals surface area (Å²) in [6.07, 6.45) is 2.44. The first-order chi connectivity index (χ1) is 13.9. The molecule has 0 unspecified atom stereocenters. The maximum Gasteiger partial charge on any atom is 0.341 e. The molecule has 6 nitrogen and oxygen atoms in total. The van der Waals surface area contributed by atoms with Crippen LogP contribution in [-0.2, 0) is 14.3 Å². The second-order valence-corrected chi connectivity index (χ2v) is 8.79. The van der Waals surface area contributed by atoms with E-state index in [1.807, 2.05) is 36.6 Å². The molecule has 2 aliphatic rings. The normalized spacial score (nSPS) is 25.0. The number of benzene rings is 1. The predicted molar refractivity (Wildman–Crippen MR) is 107 cm³/mol. The van der Waals surface area contributed by atoms with Crippen LogP contribution in [0.1, 0.15) is 35.2 Å². The Kier molecular flexibility index (Phi) is 5.17. The molecule has 1 aromatic heterocycles. The molecule has 2 fully saturated rings. The van der Waals surface area contributed by atoms with Gasteiger partial charge in [-0.2, -0.15) is 0 Å². The summed E-state index contributed by atoms with van der Waals surface area (Å²) in [5.74, 6) is -3.36. The van der Waals surface area contributed by atoms with Crippen molar-refractivity contribution in [1.29, 1.82) is 0 Å². The molecule has 1 aromatic carbocycles. The zero-order chi connectivity index (χ0) is 20.7. The maximum absolute atomic E-state index is 13.0. The molecule has 29 heavy (non-hydrogen) atoms. The van der Waals surface area contributed by atoms with Crippen molar-refractivity contribution in [1.82, 2.24) is 0 Å². The number of carboxylic acid groups (broad SMARTS) is 1. The minimum Gasteiger partial charge on any atom is -0.550 e. The number of thiophene rings is 1. The molecule has 4 rings (SSSR count). The van der Waals surface area contributed by atoms with E-state index in [1.165, 1.54) is 18.4 Å².